The molecule has 9 heteroatoms. The number of amides is 1. The monoisotopic (exact) mass is 499 g/mol. The van der Waals surface area contributed by atoms with Crippen LogP contribution in [0.5, 0.6) is 17.2 Å². The quantitative estimate of drug-likeness (QED) is 0.279. The topological polar surface area (TPSA) is 96.3 Å². The first kappa shape index (κ1) is 23.5. The summed E-state index contributed by atoms with van der Waals surface area (Å²) in [6.07, 6.45) is 0. The average Bonchev–Trinajstić information content (AvgIpc) is 3.09. The van der Waals surface area contributed by atoms with Gasteiger partial charge in [-0.3, -0.25) is 14.5 Å². The number of aliphatic hydroxyl groups is 1. The lowest BCUT2D eigenvalue weighted by molar-refractivity contribution is -0.132. The van der Waals surface area contributed by atoms with E-state index in [0.29, 0.717) is 22.0 Å². The summed E-state index contributed by atoms with van der Waals surface area (Å²) in [5.74, 6) is -1.81. The van der Waals surface area contributed by atoms with E-state index in [1.165, 1.54) is 43.4 Å². The maximum Gasteiger partial charge on any atom is 0.300 e. The molecular weight excluding hydrogens is 481 g/mol. The Balaban J connectivity index is 1.99. The summed E-state index contributed by atoms with van der Waals surface area (Å²) in [6, 6.07) is 14.3. The van der Waals surface area contributed by atoms with Gasteiger partial charge in [-0.25, -0.2) is 0 Å². The van der Waals surface area contributed by atoms with Gasteiger partial charge in [0.15, 0.2) is 0 Å². The predicted octanol–water partition coefficient (Wildman–Crippen LogP) is 5.34. The lowest BCUT2D eigenvalue weighted by atomic mass is 9.94. The van der Waals surface area contributed by atoms with Crippen LogP contribution in [0.15, 0.2) is 66.2 Å². The lowest BCUT2D eigenvalue weighted by Crippen LogP contribution is -2.29. The molecule has 0 radical (unpaired) electrons. The summed E-state index contributed by atoms with van der Waals surface area (Å²) in [4.78, 5) is 27.7. The molecule has 0 aliphatic carbocycles. The standard InChI is InChI=1S/C25H19Cl2NO6/c1-33-19-12-20(34-2)18(27)11-17(19)23(30)21-22(13-4-3-5-16(29)10-13)28(25(32)24(21)31)15-8-6-14(26)7-9-15/h3-12,22,29-30H,1-2H3/b23-21+. The van der Waals surface area contributed by atoms with Gasteiger partial charge in [-0.1, -0.05) is 35.3 Å². The van der Waals surface area contributed by atoms with Crippen LogP contribution in [0.3, 0.4) is 0 Å². The smallest absolute Gasteiger partial charge is 0.300 e. The number of hydrogen-bond acceptors (Lipinski definition) is 6. The second-order valence-electron chi connectivity index (χ2n) is 7.43. The molecule has 1 heterocycles. The lowest BCUT2D eigenvalue weighted by Gasteiger charge is -2.25. The van der Waals surface area contributed by atoms with Crippen molar-refractivity contribution in [1.82, 2.24) is 0 Å². The molecule has 1 aliphatic rings. The summed E-state index contributed by atoms with van der Waals surface area (Å²) in [7, 11) is 2.82. The number of ether oxygens (including phenoxy) is 2. The largest absolute Gasteiger partial charge is 0.508 e. The van der Waals surface area contributed by atoms with Gasteiger partial charge in [-0.2, -0.15) is 0 Å². The van der Waals surface area contributed by atoms with Crippen LogP contribution in [-0.2, 0) is 9.59 Å². The van der Waals surface area contributed by atoms with Crippen LogP contribution in [0.4, 0.5) is 5.69 Å². The second-order valence-corrected chi connectivity index (χ2v) is 8.27. The number of methoxy groups -OCH3 is 2. The molecule has 0 bridgehead atoms. The number of nitrogens with zero attached hydrogens (tertiary/aromatic N) is 1. The highest BCUT2D eigenvalue weighted by Crippen LogP contribution is 2.45. The maximum atomic E-state index is 13.3. The van der Waals surface area contributed by atoms with Crippen molar-refractivity contribution in [3.05, 3.63) is 87.4 Å². The van der Waals surface area contributed by atoms with Crippen LogP contribution in [0.25, 0.3) is 5.76 Å². The van der Waals surface area contributed by atoms with E-state index < -0.39 is 23.5 Å². The van der Waals surface area contributed by atoms with E-state index in [2.05, 4.69) is 0 Å². The van der Waals surface area contributed by atoms with Gasteiger partial charge >= 0.3 is 0 Å². The molecule has 1 unspecified atom stereocenters. The van der Waals surface area contributed by atoms with Crippen LogP contribution < -0.4 is 14.4 Å². The van der Waals surface area contributed by atoms with Gasteiger partial charge in [0.05, 0.1) is 36.4 Å². The van der Waals surface area contributed by atoms with Crippen LogP contribution in [0.2, 0.25) is 10.0 Å². The van der Waals surface area contributed by atoms with Crippen molar-refractivity contribution in [3.63, 3.8) is 0 Å². The Morgan fingerprint density at radius 3 is 2.24 bits per heavy atom. The molecule has 2 N–H and O–H groups in total. The van der Waals surface area contributed by atoms with Gasteiger partial charge in [-0.15, -0.1) is 0 Å². The first-order valence-corrected chi connectivity index (χ1v) is 10.8. The van der Waals surface area contributed by atoms with Crippen molar-refractivity contribution in [1.29, 1.82) is 0 Å². The number of hydrogen-bond donors (Lipinski definition) is 2. The van der Waals surface area contributed by atoms with Gasteiger partial charge in [-0.05, 0) is 48.0 Å². The third-order valence-corrected chi connectivity index (χ3v) is 6.01. The number of aliphatic hydroxyl groups excluding tert-OH is 1. The minimum atomic E-state index is -1.04. The molecule has 174 valence electrons. The fourth-order valence-electron chi connectivity index (χ4n) is 3.90. The van der Waals surface area contributed by atoms with E-state index in [0.717, 1.165) is 0 Å². The van der Waals surface area contributed by atoms with Crippen LogP contribution in [0, 0.1) is 0 Å². The molecule has 1 saturated heterocycles. The van der Waals surface area contributed by atoms with Gasteiger partial charge in [0, 0.05) is 16.8 Å². The minimum Gasteiger partial charge on any atom is -0.508 e. The van der Waals surface area contributed by atoms with E-state index in [4.69, 9.17) is 32.7 Å². The minimum absolute atomic E-state index is 0.0655. The number of carbonyl (C=O) groups is 2. The average molecular weight is 500 g/mol. The molecule has 1 fully saturated rings. The number of halogens is 2. The van der Waals surface area contributed by atoms with Gasteiger partial charge in [0.1, 0.15) is 23.0 Å². The molecule has 3 aromatic rings. The van der Waals surface area contributed by atoms with E-state index in [9.17, 15) is 19.8 Å². The third-order valence-electron chi connectivity index (χ3n) is 5.46. The number of rotatable bonds is 5. The molecule has 0 aromatic heterocycles. The SMILES string of the molecule is COc1cc(OC)c(/C(O)=C2\C(=O)C(=O)N(c3ccc(Cl)cc3)C2c2cccc(O)c2)cc1Cl. The maximum absolute atomic E-state index is 13.3. The zero-order valence-electron chi connectivity index (χ0n) is 18.1. The fraction of sp³-hybridized carbons (Fsp3) is 0.120. The molecule has 0 saturated carbocycles. The zero-order chi connectivity index (χ0) is 24.6. The summed E-state index contributed by atoms with van der Waals surface area (Å²) < 4.78 is 10.6. The molecule has 34 heavy (non-hydrogen) atoms. The molecule has 7 nitrogen and oxygen atoms in total. The number of anilines is 1. The summed E-state index contributed by atoms with van der Waals surface area (Å²) in [5, 5.41) is 22.0. The highest BCUT2D eigenvalue weighted by Gasteiger charge is 2.47. The molecule has 1 atom stereocenters. The Bertz CT molecular complexity index is 1320. The Kier molecular flexibility index (Phi) is 6.41. The number of aromatic hydroxyl groups is 1. The number of phenolic OH excluding ortho intramolecular Hbond substituents is 1. The summed E-state index contributed by atoms with van der Waals surface area (Å²) >= 11 is 12.3. The van der Waals surface area contributed by atoms with Crippen LogP contribution in [0.1, 0.15) is 17.2 Å². The van der Waals surface area contributed by atoms with Gasteiger partial charge in [0.25, 0.3) is 11.7 Å². The Morgan fingerprint density at radius 2 is 1.62 bits per heavy atom. The van der Waals surface area contributed by atoms with Crippen molar-refractivity contribution in [2.75, 3.05) is 19.1 Å². The summed E-state index contributed by atoms with van der Waals surface area (Å²) in [5.41, 5.74) is 0.713. The summed E-state index contributed by atoms with van der Waals surface area (Å²) in [6.45, 7) is 0. The number of benzene rings is 3. The van der Waals surface area contributed by atoms with Crippen molar-refractivity contribution in [3.8, 4) is 17.2 Å². The number of ketones is 1. The van der Waals surface area contributed by atoms with Crippen LogP contribution >= 0.6 is 23.2 Å². The molecule has 3 aromatic carbocycles. The number of phenols is 1. The van der Waals surface area contributed by atoms with E-state index >= 15 is 0 Å². The highest BCUT2D eigenvalue weighted by molar-refractivity contribution is 6.51. The third kappa shape index (κ3) is 4.04. The molecule has 0 spiro atoms. The van der Waals surface area contributed by atoms with Crippen molar-refractivity contribution in [2.24, 2.45) is 0 Å². The molecule has 4 rings (SSSR count). The van der Waals surface area contributed by atoms with Crippen LogP contribution in [-0.4, -0.2) is 36.1 Å². The number of Topliss-reactive ketones (excluding diaryl/α,β-unsaturated/α-hetero) is 1. The zero-order valence-corrected chi connectivity index (χ0v) is 19.6. The molecule has 1 amide bonds. The number of carbonyl (C=O) groups excluding carboxylic acids is 2. The van der Waals surface area contributed by atoms with Crippen molar-refractivity contribution < 1.29 is 29.3 Å². The van der Waals surface area contributed by atoms with Gasteiger partial charge in [0.2, 0.25) is 0 Å². The Labute approximate surface area is 205 Å². The van der Waals surface area contributed by atoms with E-state index in [1.54, 1.807) is 36.4 Å². The molecule has 1 aliphatic heterocycles. The highest BCUT2D eigenvalue weighted by atomic mass is 35.5. The Hall–Kier alpha value is -3.68. The predicted molar refractivity (Wildman–Crippen MR) is 129 cm³/mol. The molecular formula is C25H19Cl2NO6. The van der Waals surface area contributed by atoms with Crippen molar-refractivity contribution in [2.45, 2.75) is 6.04 Å². The Morgan fingerprint density at radius 1 is 0.941 bits per heavy atom. The second kappa shape index (κ2) is 9.29. The first-order chi connectivity index (χ1) is 16.3. The fourth-order valence-corrected chi connectivity index (χ4v) is 4.27. The van der Waals surface area contributed by atoms with E-state index in [1.807, 2.05) is 0 Å². The first-order valence-electron chi connectivity index (χ1n) is 10.0. The van der Waals surface area contributed by atoms with Gasteiger partial charge < -0.3 is 19.7 Å². The normalized spacial score (nSPS) is 17.2. The van der Waals surface area contributed by atoms with E-state index in [-0.39, 0.29) is 27.7 Å². The van der Waals surface area contributed by atoms with Crippen molar-refractivity contribution >= 4 is 46.3 Å².